The van der Waals surface area contributed by atoms with Crippen molar-refractivity contribution in [3.05, 3.63) is 58.6 Å². The second-order valence-corrected chi connectivity index (χ2v) is 4.81. The summed E-state index contributed by atoms with van der Waals surface area (Å²) in [6.45, 7) is 1.29. The van der Waals surface area contributed by atoms with Gasteiger partial charge in [-0.1, -0.05) is 35.9 Å². The van der Waals surface area contributed by atoms with E-state index in [4.69, 9.17) is 21.1 Å². The second kappa shape index (κ2) is 7.17. The number of halogens is 1. The van der Waals surface area contributed by atoms with E-state index in [9.17, 15) is 0 Å². The molecule has 0 aliphatic carbocycles. The van der Waals surface area contributed by atoms with E-state index < -0.39 is 0 Å². The number of ether oxygens (including phenoxy) is 2. The Morgan fingerprint density at radius 2 is 1.80 bits per heavy atom. The van der Waals surface area contributed by atoms with Gasteiger partial charge < -0.3 is 14.8 Å². The van der Waals surface area contributed by atoms with Crippen molar-refractivity contribution in [1.82, 2.24) is 0 Å². The summed E-state index contributed by atoms with van der Waals surface area (Å²) in [5.41, 5.74) is 3.22. The molecule has 2 aromatic rings. The van der Waals surface area contributed by atoms with E-state index in [2.05, 4.69) is 17.4 Å². The Morgan fingerprint density at radius 3 is 2.50 bits per heavy atom. The molecule has 3 nitrogen and oxygen atoms in total. The predicted octanol–water partition coefficient (Wildman–Crippen LogP) is 4.11. The average molecular weight is 292 g/mol. The van der Waals surface area contributed by atoms with E-state index in [-0.39, 0.29) is 0 Å². The molecule has 0 fully saturated rings. The molecule has 2 aromatic carbocycles. The Hall–Kier alpha value is -1.71. The lowest BCUT2D eigenvalue weighted by atomic mass is 10.1. The summed E-state index contributed by atoms with van der Waals surface area (Å²) in [7, 11) is 3.34. The molecule has 1 N–H and O–H groups in total. The molecule has 0 saturated heterocycles. The van der Waals surface area contributed by atoms with Gasteiger partial charge in [0.1, 0.15) is 5.75 Å². The maximum absolute atomic E-state index is 6.18. The van der Waals surface area contributed by atoms with E-state index >= 15 is 0 Å². The standard InChI is InChI=1S/C16H18ClNO2/c1-19-11-13-6-4-3-5-12(13)10-18-16-9-14(20-2)7-8-15(16)17/h3-9,18H,10-11H2,1-2H3. The highest BCUT2D eigenvalue weighted by Gasteiger charge is 2.05. The van der Waals surface area contributed by atoms with E-state index in [1.807, 2.05) is 30.3 Å². The van der Waals surface area contributed by atoms with Crippen LogP contribution in [0.2, 0.25) is 5.02 Å². The van der Waals surface area contributed by atoms with Crippen molar-refractivity contribution in [2.24, 2.45) is 0 Å². The molecule has 0 saturated carbocycles. The minimum Gasteiger partial charge on any atom is -0.497 e. The van der Waals surface area contributed by atoms with Gasteiger partial charge in [-0.2, -0.15) is 0 Å². The molecule has 0 spiro atoms. The Balaban J connectivity index is 2.12. The van der Waals surface area contributed by atoms with Crippen molar-refractivity contribution in [3.63, 3.8) is 0 Å². The van der Waals surface area contributed by atoms with Gasteiger partial charge in [0.15, 0.2) is 0 Å². The Morgan fingerprint density at radius 1 is 1.05 bits per heavy atom. The highest BCUT2D eigenvalue weighted by Crippen LogP contribution is 2.27. The monoisotopic (exact) mass is 291 g/mol. The number of hydrogen-bond acceptors (Lipinski definition) is 3. The van der Waals surface area contributed by atoms with E-state index in [1.165, 1.54) is 11.1 Å². The highest BCUT2D eigenvalue weighted by molar-refractivity contribution is 6.33. The molecule has 0 atom stereocenters. The molecule has 20 heavy (non-hydrogen) atoms. The predicted molar refractivity (Wildman–Crippen MR) is 82.5 cm³/mol. The number of methoxy groups -OCH3 is 2. The van der Waals surface area contributed by atoms with Gasteiger partial charge in [0, 0.05) is 19.7 Å². The van der Waals surface area contributed by atoms with Crippen LogP contribution in [0.3, 0.4) is 0 Å². The second-order valence-electron chi connectivity index (χ2n) is 4.40. The summed E-state index contributed by atoms with van der Waals surface area (Å²) in [6.07, 6.45) is 0. The van der Waals surface area contributed by atoms with Crippen LogP contribution in [0, 0.1) is 0 Å². The van der Waals surface area contributed by atoms with Crippen LogP contribution in [-0.2, 0) is 17.9 Å². The van der Waals surface area contributed by atoms with Gasteiger partial charge in [-0.25, -0.2) is 0 Å². The van der Waals surface area contributed by atoms with Crippen molar-refractivity contribution >= 4 is 17.3 Å². The molecular formula is C16H18ClNO2. The molecule has 2 rings (SSSR count). The van der Waals surface area contributed by atoms with E-state index in [1.54, 1.807) is 14.2 Å². The van der Waals surface area contributed by atoms with Crippen molar-refractivity contribution in [2.75, 3.05) is 19.5 Å². The molecule has 106 valence electrons. The normalized spacial score (nSPS) is 10.3. The van der Waals surface area contributed by atoms with Gasteiger partial charge in [0.25, 0.3) is 0 Å². The lowest BCUT2D eigenvalue weighted by Gasteiger charge is -2.13. The zero-order valence-electron chi connectivity index (χ0n) is 11.7. The first-order chi connectivity index (χ1) is 9.74. The first-order valence-corrected chi connectivity index (χ1v) is 6.75. The summed E-state index contributed by atoms with van der Waals surface area (Å²) in [5, 5.41) is 4.01. The topological polar surface area (TPSA) is 30.5 Å². The van der Waals surface area contributed by atoms with Gasteiger partial charge in [0.2, 0.25) is 0 Å². The Labute approximate surface area is 124 Å². The maximum atomic E-state index is 6.18. The van der Waals surface area contributed by atoms with Gasteiger partial charge in [-0.3, -0.25) is 0 Å². The fourth-order valence-electron chi connectivity index (χ4n) is 1.98. The van der Waals surface area contributed by atoms with Crippen molar-refractivity contribution in [3.8, 4) is 5.75 Å². The first-order valence-electron chi connectivity index (χ1n) is 6.37. The van der Waals surface area contributed by atoms with Crippen LogP contribution < -0.4 is 10.1 Å². The van der Waals surface area contributed by atoms with Crippen molar-refractivity contribution < 1.29 is 9.47 Å². The fraction of sp³-hybridized carbons (Fsp3) is 0.250. The van der Waals surface area contributed by atoms with Gasteiger partial charge in [0.05, 0.1) is 24.4 Å². The summed E-state index contributed by atoms with van der Waals surface area (Å²) in [5.74, 6) is 0.780. The average Bonchev–Trinajstić information content (AvgIpc) is 2.48. The highest BCUT2D eigenvalue weighted by atomic mass is 35.5. The number of benzene rings is 2. The molecule has 0 bridgehead atoms. The van der Waals surface area contributed by atoms with Crippen LogP contribution in [-0.4, -0.2) is 14.2 Å². The number of anilines is 1. The zero-order valence-corrected chi connectivity index (χ0v) is 12.4. The number of rotatable bonds is 6. The lowest BCUT2D eigenvalue weighted by Crippen LogP contribution is -2.04. The molecule has 4 heteroatoms. The van der Waals surface area contributed by atoms with Crippen LogP contribution in [0.15, 0.2) is 42.5 Å². The summed E-state index contributed by atoms with van der Waals surface area (Å²) >= 11 is 6.18. The largest absolute Gasteiger partial charge is 0.497 e. The van der Waals surface area contributed by atoms with E-state index in [0.717, 1.165) is 11.4 Å². The zero-order chi connectivity index (χ0) is 14.4. The quantitative estimate of drug-likeness (QED) is 0.869. The summed E-state index contributed by atoms with van der Waals surface area (Å²) in [6, 6.07) is 13.7. The molecular weight excluding hydrogens is 274 g/mol. The van der Waals surface area contributed by atoms with Crippen LogP contribution in [0.5, 0.6) is 5.75 Å². The van der Waals surface area contributed by atoms with Crippen LogP contribution in [0.1, 0.15) is 11.1 Å². The molecule has 0 heterocycles. The Bertz CT molecular complexity index is 572. The molecule has 0 aromatic heterocycles. The van der Waals surface area contributed by atoms with Gasteiger partial charge >= 0.3 is 0 Å². The van der Waals surface area contributed by atoms with Crippen LogP contribution in [0.25, 0.3) is 0 Å². The third kappa shape index (κ3) is 3.65. The summed E-state index contributed by atoms with van der Waals surface area (Å²) < 4.78 is 10.4. The van der Waals surface area contributed by atoms with Crippen LogP contribution in [0.4, 0.5) is 5.69 Å². The SMILES string of the molecule is COCc1ccccc1CNc1cc(OC)ccc1Cl. The fourth-order valence-corrected chi connectivity index (χ4v) is 2.17. The molecule has 0 amide bonds. The minimum absolute atomic E-state index is 0.601. The van der Waals surface area contributed by atoms with Gasteiger partial charge in [-0.05, 0) is 23.3 Å². The minimum atomic E-state index is 0.601. The molecule has 0 aliphatic heterocycles. The third-order valence-electron chi connectivity index (χ3n) is 3.06. The number of nitrogens with one attached hydrogen (secondary N) is 1. The lowest BCUT2D eigenvalue weighted by molar-refractivity contribution is 0.184. The number of hydrogen-bond donors (Lipinski definition) is 1. The van der Waals surface area contributed by atoms with Crippen molar-refractivity contribution in [1.29, 1.82) is 0 Å². The summed E-state index contributed by atoms with van der Waals surface area (Å²) in [4.78, 5) is 0. The molecule has 0 unspecified atom stereocenters. The Kier molecular flexibility index (Phi) is 5.27. The third-order valence-corrected chi connectivity index (χ3v) is 3.39. The first kappa shape index (κ1) is 14.7. The van der Waals surface area contributed by atoms with E-state index in [0.29, 0.717) is 18.2 Å². The van der Waals surface area contributed by atoms with Crippen molar-refractivity contribution in [2.45, 2.75) is 13.2 Å². The maximum Gasteiger partial charge on any atom is 0.121 e. The molecule has 0 aliphatic rings. The smallest absolute Gasteiger partial charge is 0.121 e. The molecule has 0 radical (unpaired) electrons. The van der Waals surface area contributed by atoms with Crippen LogP contribution >= 0.6 is 11.6 Å². The van der Waals surface area contributed by atoms with Gasteiger partial charge in [-0.15, -0.1) is 0 Å².